The second-order valence-electron chi connectivity index (χ2n) is 8.25. The van der Waals surface area contributed by atoms with Gasteiger partial charge in [0.05, 0.1) is 30.5 Å². The molecule has 1 amide bonds. The quantitative estimate of drug-likeness (QED) is 0.354. The average molecular weight is 484 g/mol. The van der Waals surface area contributed by atoms with Crippen LogP contribution in [0.3, 0.4) is 0 Å². The van der Waals surface area contributed by atoms with Crippen LogP contribution in [0, 0.1) is 0 Å². The zero-order valence-corrected chi connectivity index (χ0v) is 19.9. The van der Waals surface area contributed by atoms with Crippen molar-refractivity contribution in [3.63, 3.8) is 0 Å². The number of aromatic amines is 1. The van der Waals surface area contributed by atoms with Crippen LogP contribution in [-0.4, -0.2) is 40.4 Å². The number of aromatic hydroxyl groups is 1. The number of amides is 1. The predicted octanol–water partition coefficient (Wildman–Crippen LogP) is 5.11. The Hall–Kier alpha value is -4.59. The SMILES string of the molecule is CCOC(=O)c1ccc(N2C(=O)c3[nH]nc(-c4ccc(OCC)cc4)c3[C@H]2c2ccc(O)cc2)cc1. The number of nitrogens with one attached hydrogen (secondary N) is 1. The minimum absolute atomic E-state index is 0.132. The fourth-order valence-electron chi connectivity index (χ4n) is 4.45. The van der Waals surface area contributed by atoms with Crippen LogP contribution in [0.25, 0.3) is 11.3 Å². The standard InChI is InChI=1S/C28H25N3O5/c1-3-35-22-15-9-17(10-16-22)24-23-25(30-29-24)27(33)31(26(23)18-7-13-21(32)14-8-18)20-11-5-19(6-12-20)28(34)36-4-2/h5-16,26,32H,3-4H2,1-2H3,(H,29,30)/t26-/m1/s1. The van der Waals surface area contributed by atoms with E-state index in [1.54, 1.807) is 60.4 Å². The van der Waals surface area contributed by atoms with Gasteiger partial charge in [-0.1, -0.05) is 12.1 Å². The van der Waals surface area contributed by atoms with Crippen LogP contribution in [0.1, 0.15) is 51.9 Å². The summed E-state index contributed by atoms with van der Waals surface area (Å²) in [4.78, 5) is 27.4. The van der Waals surface area contributed by atoms with Crippen molar-refractivity contribution in [2.24, 2.45) is 0 Å². The molecule has 0 fully saturated rings. The molecule has 1 atom stereocenters. The topological polar surface area (TPSA) is 105 Å². The first-order chi connectivity index (χ1) is 17.5. The molecule has 0 spiro atoms. The molecular weight excluding hydrogens is 458 g/mol. The van der Waals surface area contributed by atoms with Gasteiger partial charge in [-0.2, -0.15) is 5.10 Å². The van der Waals surface area contributed by atoms with Gasteiger partial charge in [0.25, 0.3) is 5.91 Å². The Morgan fingerprint density at radius 2 is 1.67 bits per heavy atom. The van der Waals surface area contributed by atoms with E-state index in [0.29, 0.717) is 29.2 Å². The summed E-state index contributed by atoms with van der Waals surface area (Å²) in [5, 5.41) is 17.3. The Balaban J connectivity index is 1.60. The Bertz CT molecular complexity index is 1390. The highest BCUT2D eigenvalue weighted by molar-refractivity contribution is 6.12. The van der Waals surface area contributed by atoms with Crippen LogP contribution in [0.5, 0.6) is 11.5 Å². The summed E-state index contributed by atoms with van der Waals surface area (Å²) < 4.78 is 10.6. The smallest absolute Gasteiger partial charge is 0.338 e. The Morgan fingerprint density at radius 3 is 2.31 bits per heavy atom. The predicted molar refractivity (Wildman–Crippen MR) is 134 cm³/mol. The van der Waals surface area contributed by atoms with Crippen molar-refractivity contribution < 1.29 is 24.2 Å². The van der Waals surface area contributed by atoms with Crippen molar-refractivity contribution in [3.8, 4) is 22.8 Å². The number of esters is 1. The van der Waals surface area contributed by atoms with E-state index in [4.69, 9.17) is 9.47 Å². The first-order valence-electron chi connectivity index (χ1n) is 11.7. The number of benzene rings is 3. The number of anilines is 1. The fraction of sp³-hybridized carbons (Fsp3) is 0.179. The minimum Gasteiger partial charge on any atom is -0.508 e. The number of carbonyl (C=O) groups excluding carboxylic acids is 2. The molecule has 2 heterocycles. The maximum Gasteiger partial charge on any atom is 0.338 e. The molecule has 3 aromatic carbocycles. The van der Waals surface area contributed by atoms with Gasteiger partial charge >= 0.3 is 5.97 Å². The van der Waals surface area contributed by atoms with Gasteiger partial charge in [-0.15, -0.1) is 0 Å². The number of hydrogen-bond acceptors (Lipinski definition) is 6. The number of fused-ring (bicyclic) bond motifs is 1. The lowest BCUT2D eigenvalue weighted by Crippen LogP contribution is -2.29. The molecule has 36 heavy (non-hydrogen) atoms. The van der Waals surface area contributed by atoms with Crippen LogP contribution in [0.2, 0.25) is 0 Å². The number of aromatic nitrogens is 2. The Morgan fingerprint density at radius 1 is 0.972 bits per heavy atom. The minimum atomic E-state index is -0.498. The van der Waals surface area contributed by atoms with Crippen LogP contribution in [-0.2, 0) is 4.74 Å². The lowest BCUT2D eigenvalue weighted by Gasteiger charge is -2.26. The molecule has 1 aliphatic rings. The van der Waals surface area contributed by atoms with E-state index in [2.05, 4.69) is 10.2 Å². The molecule has 1 aliphatic heterocycles. The number of carbonyl (C=O) groups is 2. The molecule has 1 aromatic heterocycles. The molecule has 2 N–H and O–H groups in total. The highest BCUT2D eigenvalue weighted by atomic mass is 16.5. The van der Waals surface area contributed by atoms with Gasteiger partial charge in [0.1, 0.15) is 17.2 Å². The molecule has 182 valence electrons. The van der Waals surface area contributed by atoms with Gasteiger partial charge in [-0.05, 0) is 80.1 Å². The van der Waals surface area contributed by atoms with Crippen molar-refractivity contribution in [2.75, 3.05) is 18.1 Å². The van der Waals surface area contributed by atoms with Crippen molar-refractivity contribution >= 4 is 17.6 Å². The number of phenols is 1. The van der Waals surface area contributed by atoms with Crippen molar-refractivity contribution in [1.29, 1.82) is 0 Å². The van der Waals surface area contributed by atoms with Crippen molar-refractivity contribution in [3.05, 3.63) is 95.2 Å². The fourth-order valence-corrected chi connectivity index (χ4v) is 4.45. The van der Waals surface area contributed by atoms with E-state index < -0.39 is 12.0 Å². The van der Waals surface area contributed by atoms with E-state index in [1.165, 1.54) is 0 Å². The van der Waals surface area contributed by atoms with E-state index in [0.717, 1.165) is 22.4 Å². The monoisotopic (exact) mass is 483 g/mol. The lowest BCUT2D eigenvalue weighted by atomic mass is 9.95. The third-order valence-electron chi connectivity index (χ3n) is 6.07. The molecule has 8 heteroatoms. The number of hydrogen-bond donors (Lipinski definition) is 2. The summed E-state index contributed by atoms with van der Waals surface area (Å²) in [5.74, 6) is 0.228. The maximum absolute atomic E-state index is 13.6. The summed E-state index contributed by atoms with van der Waals surface area (Å²) in [7, 11) is 0. The molecule has 5 rings (SSSR count). The van der Waals surface area contributed by atoms with Gasteiger partial charge < -0.3 is 14.6 Å². The van der Waals surface area contributed by atoms with Crippen molar-refractivity contribution in [2.45, 2.75) is 19.9 Å². The number of nitrogens with zero attached hydrogens (tertiary/aromatic N) is 2. The van der Waals surface area contributed by atoms with E-state index in [9.17, 15) is 14.7 Å². The molecule has 4 aromatic rings. The number of rotatable bonds is 7. The van der Waals surface area contributed by atoms with Crippen LogP contribution in [0.15, 0.2) is 72.8 Å². The van der Waals surface area contributed by atoms with Gasteiger partial charge in [0.2, 0.25) is 0 Å². The molecular formula is C28H25N3O5. The summed E-state index contributed by atoms with van der Waals surface area (Å²) in [5.41, 5.74) is 4.47. The highest BCUT2D eigenvalue weighted by Crippen LogP contribution is 2.45. The summed E-state index contributed by atoms with van der Waals surface area (Å²) in [6.45, 7) is 4.53. The molecule has 0 saturated carbocycles. The molecule has 0 aliphatic carbocycles. The van der Waals surface area contributed by atoms with E-state index >= 15 is 0 Å². The number of ether oxygens (including phenoxy) is 2. The number of phenolic OH excluding ortho intramolecular Hbond substituents is 1. The normalized spacial score (nSPS) is 14.6. The highest BCUT2D eigenvalue weighted by Gasteiger charge is 2.43. The first-order valence-corrected chi connectivity index (χ1v) is 11.7. The van der Waals surface area contributed by atoms with Crippen molar-refractivity contribution in [1.82, 2.24) is 10.2 Å². The largest absolute Gasteiger partial charge is 0.508 e. The number of H-pyrrole nitrogens is 1. The summed E-state index contributed by atoms with van der Waals surface area (Å²) >= 11 is 0. The van der Waals surface area contributed by atoms with Gasteiger partial charge in [-0.25, -0.2) is 4.79 Å². The molecule has 0 saturated heterocycles. The average Bonchev–Trinajstić information content (AvgIpc) is 3.44. The van der Waals surface area contributed by atoms with Crippen LogP contribution >= 0.6 is 0 Å². The first kappa shape index (κ1) is 23.2. The summed E-state index contributed by atoms with van der Waals surface area (Å²) in [6, 6.07) is 20.6. The van der Waals surface area contributed by atoms with Crippen LogP contribution < -0.4 is 9.64 Å². The van der Waals surface area contributed by atoms with Gasteiger partial charge in [0, 0.05) is 16.8 Å². The molecule has 0 bridgehead atoms. The molecule has 8 nitrogen and oxygen atoms in total. The second-order valence-corrected chi connectivity index (χ2v) is 8.25. The zero-order valence-electron chi connectivity index (χ0n) is 19.9. The van der Waals surface area contributed by atoms with Gasteiger partial charge in [0.15, 0.2) is 0 Å². The zero-order chi connectivity index (χ0) is 25.2. The van der Waals surface area contributed by atoms with Gasteiger partial charge in [-0.3, -0.25) is 14.8 Å². The Labute approximate surface area is 208 Å². The third kappa shape index (κ3) is 4.07. The molecule has 0 unspecified atom stereocenters. The summed E-state index contributed by atoms with van der Waals surface area (Å²) in [6.07, 6.45) is 0. The maximum atomic E-state index is 13.6. The van der Waals surface area contributed by atoms with E-state index in [1.807, 2.05) is 31.2 Å². The Kier molecular flexibility index (Phi) is 6.16. The third-order valence-corrected chi connectivity index (χ3v) is 6.07. The second kappa shape index (κ2) is 9.58. The van der Waals surface area contributed by atoms with E-state index in [-0.39, 0.29) is 18.3 Å². The van der Waals surface area contributed by atoms with Crippen LogP contribution in [0.4, 0.5) is 5.69 Å². The molecule has 0 radical (unpaired) electrons. The lowest BCUT2D eigenvalue weighted by molar-refractivity contribution is 0.0526.